The molecule has 0 unspecified atom stereocenters. The summed E-state index contributed by atoms with van der Waals surface area (Å²) in [5, 5.41) is 0. The summed E-state index contributed by atoms with van der Waals surface area (Å²) in [5.41, 5.74) is 0. The van der Waals surface area contributed by atoms with E-state index in [2.05, 4.69) is 4.76 Å². The second-order valence-electron chi connectivity index (χ2n) is 3.79. The van der Waals surface area contributed by atoms with Gasteiger partial charge in [-0.15, -0.1) is 0 Å². The van der Waals surface area contributed by atoms with Crippen molar-refractivity contribution in [2.45, 2.75) is 31.5 Å². The van der Waals surface area contributed by atoms with E-state index < -0.39 is 12.6 Å². The molecular weight excluding hydrogens is 298 g/mol. The minimum absolute atomic E-state index is 0.258. The molecular formula is C10H21Cl2N2O3P. The molecule has 0 spiro atoms. The fraction of sp³-hybridized carbons (Fsp3) is 0.900. The van der Waals surface area contributed by atoms with Gasteiger partial charge in [-0.25, -0.2) is 4.57 Å². The van der Waals surface area contributed by atoms with Crippen LogP contribution in [0.15, 0.2) is 4.76 Å². The van der Waals surface area contributed by atoms with E-state index in [0.717, 1.165) is 12.8 Å². The van der Waals surface area contributed by atoms with Gasteiger partial charge in [-0.2, -0.15) is 4.76 Å². The van der Waals surface area contributed by atoms with Crippen molar-refractivity contribution < 1.29 is 13.6 Å². The van der Waals surface area contributed by atoms with E-state index in [0.29, 0.717) is 13.2 Å². The second-order valence-corrected chi connectivity index (χ2v) is 6.54. The lowest BCUT2D eigenvalue weighted by atomic mass is 10.5. The molecule has 0 aliphatic carbocycles. The van der Waals surface area contributed by atoms with Crippen molar-refractivity contribution in [1.82, 2.24) is 4.90 Å². The Balaban J connectivity index is 5.04. The molecule has 0 saturated carbocycles. The molecule has 8 heteroatoms. The first-order valence-electron chi connectivity index (χ1n) is 5.81. The fourth-order valence-electron chi connectivity index (χ4n) is 0.962. The number of halogens is 2. The van der Waals surface area contributed by atoms with Crippen molar-refractivity contribution in [3.8, 4) is 0 Å². The molecule has 108 valence electrons. The van der Waals surface area contributed by atoms with Gasteiger partial charge in [0.1, 0.15) is 5.84 Å². The monoisotopic (exact) mass is 318 g/mol. The largest absolute Gasteiger partial charge is 0.455 e. The third-order valence-corrected chi connectivity index (χ3v) is 3.65. The Morgan fingerprint density at radius 1 is 1.22 bits per heavy atom. The molecule has 0 N–H and O–H groups in total. The summed E-state index contributed by atoms with van der Waals surface area (Å²) in [6.07, 6.45) is 1.44. The van der Waals surface area contributed by atoms with Crippen LogP contribution in [0.2, 0.25) is 0 Å². The van der Waals surface area contributed by atoms with Crippen molar-refractivity contribution in [2.75, 3.05) is 27.3 Å². The molecule has 0 aromatic carbocycles. The molecule has 0 fully saturated rings. The smallest absolute Gasteiger partial charge is 0.364 e. The standard InChI is InChI=1S/C10H21Cl2N2O3P/c1-5-7-16-18(15,17-8-6-2)13-10(9(11)12)14(3)4/h9H,5-8H2,1-4H3/b13-10+. The molecule has 0 rings (SSSR count). The van der Waals surface area contributed by atoms with Gasteiger partial charge >= 0.3 is 7.75 Å². The molecule has 0 atom stereocenters. The maximum atomic E-state index is 12.4. The minimum Gasteiger partial charge on any atom is -0.364 e. The summed E-state index contributed by atoms with van der Waals surface area (Å²) in [4.78, 5) is 0.700. The number of hydrogen-bond acceptors (Lipinski definition) is 3. The lowest BCUT2D eigenvalue weighted by Gasteiger charge is -2.20. The third kappa shape index (κ3) is 6.95. The average molecular weight is 319 g/mol. The lowest BCUT2D eigenvalue weighted by Crippen LogP contribution is -2.27. The molecule has 0 aromatic rings. The fourth-order valence-corrected chi connectivity index (χ4v) is 3.15. The van der Waals surface area contributed by atoms with Crippen molar-refractivity contribution in [1.29, 1.82) is 0 Å². The lowest BCUT2D eigenvalue weighted by molar-refractivity contribution is 0.205. The van der Waals surface area contributed by atoms with Crippen LogP contribution in [-0.4, -0.2) is 42.9 Å². The molecule has 5 nitrogen and oxygen atoms in total. The molecule has 0 aliphatic heterocycles. The molecule has 0 aliphatic rings. The van der Waals surface area contributed by atoms with Crippen molar-refractivity contribution in [3.63, 3.8) is 0 Å². The van der Waals surface area contributed by atoms with Crippen LogP contribution >= 0.6 is 30.9 Å². The van der Waals surface area contributed by atoms with Crippen LogP contribution < -0.4 is 0 Å². The van der Waals surface area contributed by atoms with Crippen molar-refractivity contribution in [3.05, 3.63) is 0 Å². The van der Waals surface area contributed by atoms with Gasteiger partial charge in [0, 0.05) is 14.1 Å². The Morgan fingerprint density at radius 2 is 1.67 bits per heavy atom. The summed E-state index contributed by atoms with van der Waals surface area (Å²) >= 11 is 11.5. The number of rotatable bonds is 8. The van der Waals surface area contributed by atoms with E-state index in [1.54, 1.807) is 19.0 Å². The predicted octanol–water partition coefficient (Wildman–Crippen LogP) is 3.71. The first-order valence-corrected chi connectivity index (χ1v) is 8.17. The number of hydrogen-bond donors (Lipinski definition) is 0. The first kappa shape index (κ1) is 18.2. The van der Waals surface area contributed by atoms with Crippen LogP contribution in [0, 0.1) is 0 Å². The second kappa shape index (κ2) is 9.16. The minimum atomic E-state index is -3.54. The van der Waals surface area contributed by atoms with E-state index >= 15 is 0 Å². The zero-order valence-corrected chi connectivity index (χ0v) is 13.6. The molecule has 0 saturated heterocycles. The van der Waals surface area contributed by atoms with Crippen LogP contribution in [-0.2, 0) is 13.6 Å². The van der Waals surface area contributed by atoms with E-state index in [9.17, 15) is 4.57 Å². The topological polar surface area (TPSA) is 51.1 Å². The number of nitrogens with zero attached hydrogens (tertiary/aromatic N) is 2. The Labute approximate surface area is 119 Å². The molecule has 0 amide bonds. The van der Waals surface area contributed by atoms with Gasteiger partial charge in [-0.05, 0) is 12.8 Å². The quantitative estimate of drug-likeness (QED) is 0.296. The van der Waals surface area contributed by atoms with Gasteiger partial charge in [0.15, 0.2) is 4.84 Å². The third-order valence-electron chi connectivity index (χ3n) is 1.80. The van der Waals surface area contributed by atoms with E-state index in [1.165, 1.54) is 0 Å². The molecule has 18 heavy (non-hydrogen) atoms. The van der Waals surface area contributed by atoms with Gasteiger partial charge in [0.05, 0.1) is 13.2 Å². The highest BCUT2D eigenvalue weighted by atomic mass is 35.5. The molecule has 0 heterocycles. The van der Waals surface area contributed by atoms with Crippen molar-refractivity contribution in [2.24, 2.45) is 4.76 Å². The van der Waals surface area contributed by atoms with Gasteiger partial charge in [0.25, 0.3) is 0 Å². The Hall–Kier alpha value is 0.200. The maximum Gasteiger partial charge on any atom is 0.455 e. The Bertz CT molecular complexity index is 289. The Kier molecular flexibility index (Phi) is 9.26. The van der Waals surface area contributed by atoms with Crippen LogP contribution in [0.4, 0.5) is 0 Å². The summed E-state index contributed by atoms with van der Waals surface area (Å²) in [7, 11) is -0.121. The predicted molar refractivity (Wildman–Crippen MR) is 76.7 cm³/mol. The SMILES string of the molecule is CCCOP(=O)(/N=C(\C(Cl)Cl)N(C)C)OCCC. The van der Waals surface area contributed by atoms with Gasteiger partial charge in [-0.1, -0.05) is 37.0 Å². The zero-order valence-electron chi connectivity index (χ0n) is 11.2. The number of amidine groups is 1. The summed E-state index contributed by atoms with van der Waals surface area (Å²) in [6, 6.07) is 0. The van der Waals surface area contributed by atoms with Crippen LogP contribution in [0.3, 0.4) is 0 Å². The van der Waals surface area contributed by atoms with Crippen LogP contribution in [0.5, 0.6) is 0 Å². The summed E-state index contributed by atoms with van der Waals surface area (Å²) in [6.45, 7) is 4.43. The van der Waals surface area contributed by atoms with Crippen LogP contribution in [0.25, 0.3) is 0 Å². The Morgan fingerprint density at radius 3 is 1.94 bits per heavy atom. The van der Waals surface area contributed by atoms with Gasteiger partial charge < -0.3 is 4.90 Å². The van der Waals surface area contributed by atoms with Gasteiger partial charge in [-0.3, -0.25) is 9.05 Å². The van der Waals surface area contributed by atoms with E-state index in [-0.39, 0.29) is 5.84 Å². The van der Waals surface area contributed by atoms with E-state index in [4.69, 9.17) is 32.2 Å². The molecule has 0 radical (unpaired) electrons. The highest BCUT2D eigenvalue weighted by Crippen LogP contribution is 2.50. The maximum absolute atomic E-state index is 12.4. The van der Waals surface area contributed by atoms with E-state index in [1.807, 2.05) is 13.8 Å². The highest BCUT2D eigenvalue weighted by Gasteiger charge is 2.27. The highest BCUT2D eigenvalue weighted by molar-refractivity contribution is 7.52. The summed E-state index contributed by atoms with van der Waals surface area (Å²) in [5.74, 6) is 0.258. The summed E-state index contributed by atoms with van der Waals surface area (Å²) < 4.78 is 26.8. The first-order chi connectivity index (χ1) is 8.36. The average Bonchev–Trinajstić information content (AvgIpc) is 2.30. The molecule has 0 aromatic heterocycles. The number of alkyl halides is 2. The zero-order chi connectivity index (χ0) is 14.2. The van der Waals surface area contributed by atoms with Crippen molar-refractivity contribution >= 4 is 36.8 Å². The normalized spacial score (nSPS) is 13.2. The van der Waals surface area contributed by atoms with Crippen LogP contribution in [0.1, 0.15) is 26.7 Å². The van der Waals surface area contributed by atoms with Gasteiger partial charge in [0.2, 0.25) is 0 Å². The molecule has 0 bridgehead atoms.